The summed E-state index contributed by atoms with van der Waals surface area (Å²) in [6.07, 6.45) is 1.74. The highest BCUT2D eigenvalue weighted by molar-refractivity contribution is 5.92. The molecule has 0 saturated carbocycles. The number of hydrogen-bond donors (Lipinski definition) is 2. The molecule has 0 spiro atoms. The van der Waals surface area contributed by atoms with Gasteiger partial charge in [0.05, 0.1) is 6.04 Å². The van der Waals surface area contributed by atoms with Crippen molar-refractivity contribution >= 4 is 11.9 Å². The molecule has 2 N–H and O–H groups in total. The van der Waals surface area contributed by atoms with Gasteiger partial charge < -0.3 is 20.1 Å². The molecule has 1 aromatic heterocycles. The number of piperazine rings is 1. The van der Waals surface area contributed by atoms with Gasteiger partial charge in [-0.2, -0.15) is 0 Å². The zero-order valence-electron chi connectivity index (χ0n) is 16.2. The third-order valence-corrected chi connectivity index (χ3v) is 5.13. The first-order valence-electron chi connectivity index (χ1n) is 9.53. The van der Waals surface area contributed by atoms with Crippen LogP contribution < -0.4 is 5.32 Å². The largest absolute Gasteiger partial charge is 0.357 e. The molecule has 3 rings (SSSR count). The average Bonchev–Trinajstić information content (AvgIpc) is 3.22. The highest BCUT2D eigenvalue weighted by Gasteiger charge is 2.25. The van der Waals surface area contributed by atoms with E-state index in [1.165, 1.54) is 5.56 Å². The molecule has 1 aliphatic heterocycles. The molecule has 1 aromatic carbocycles. The summed E-state index contributed by atoms with van der Waals surface area (Å²) in [6, 6.07) is 11.8. The summed E-state index contributed by atoms with van der Waals surface area (Å²) in [5.74, 6) is 0.479. The quantitative estimate of drug-likeness (QED) is 0.869. The summed E-state index contributed by atoms with van der Waals surface area (Å²) in [5.41, 5.74) is 2.97. The lowest BCUT2D eigenvalue weighted by Gasteiger charge is -2.35. The normalized spacial score (nSPS) is 15.7. The van der Waals surface area contributed by atoms with Gasteiger partial charge in [0.15, 0.2) is 0 Å². The van der Waals surface area contributed by atoms with E-state index in [0.29, 0.717) is 37.8 Å². The number of urea groups is 1. The van der Waals surface area contributed by atoms with E-state index in [9.17, 15) is 9.59 Å². The molecule has 0 radical (unpaired) electrons. The Kier molecular flexibility index (Phi) is 5.84. The van der Waals surface area contributed by atoms with Crippen LogP contribution in [0.4, 0.5) is 4.79 Å². The number of hydrogen-bond acceptors (Lipinski definition) is 2. The van der Waals surface area contributed by atoms with Crippen LogP contribution in [0.3, 0.4) is 0 Å². The fraction of sp³-hybridized carbons (Fsp3) is 0.429. The number of aromatic nitrogens is 1. The van der Waals surface area contributed by atoms with E-state index in [2.05, 4.69) is 48.4 Å². The molecule has 1 fully saturated rings. The van der Waals surface area contributed by atoms with Crippen molar-refractivity contribution in [1.82, 2.24) is 20.1 Å². The zero-order chi connectivity index (χ0) is 19.4. The number of aromatic amines is 1. The number of amides is 3. The Morgan fingerprint density at radius 3 is 2.07 bits per heavy atom. The topological polar surface area (TPSA) is 68.4 Å². The summed E-state index contributed by atoms with van der Waals surface area (Å²) in [6.45, 7) is 8.49. The van der Waals surface area contributed by atoms with E-state index in [1.54, 1.807) is 22.1 Å². The smallest absolute Gasteiger partial charge is 0.317 e. The summed E-state index contributed by atoms with van der Waals surface area (Å²) >= 11 is 0. The zero-order valence-corrected chi connectivity index (χ0v) is 16.2. The number of rotatable bonds is 4. The van der Waals surface area contributed by atoms with Gasteiger partial charge in [0, 0.05) is 32.4 Å². The lowest BCUT2D eigenvalue weighted by atomic mass is 10.00. The maximum absolute atomic E-state index is 12.6. The minimum absolute atomic E-state index is 0.0151. The van der Waals surface area contributed by atoms with Crippen molar-refractivity contribution in [2.45, 2.75) is 32.7 Å². The first-order chi connectivity index (χ1) is 13.0. The average molecular weight is 368 g/mol. The van der Waals surface area contributed by atoms with Crippen molar-refractivity contribution in [2.24, 2.45) is 0 Å². The van der Waals surface area contributed by atoms with Crippen LogP contribution in [0.5, 0.6) is 0 Å². The summed E-state index contributed by atoms with van der Waals surface area (Å²) in [5, 5.41) is 3.06. The molecule has 0 aliphatic carbocycles. The maximum atomic E-state index is 12.6. The molecule has 0 unspecified atom stereocenters. The van der Waals surface area contributed by atoms with Crippen LogP contribution in [-0.2, 0) is 0 Å². The lowest BCUT2D eigenvalue weighted by Crippen LogP contribution is -2.53. The molecule has 6 heteroatoms. The molecule has 1 saturated heterocycles. The maximum Gasteiger partial charge on any atom is 0.317 e. The molecule has 27 heavy (non-hydrogen) atoms. The standard InChI is InChI=1S/C21H28N4O2/c1-15(2)17-6-8-18(9-7-17)16(3)23-21(27)25-13-11-24(12-14-25)20(26)19-5-4-10-22-19/h4-10,15-16,22H,11-14H2,1-3H3,(H,23,27)/t16-/m1/s1. The number of H-pyrrole nitrogens is 1. The first kappa shape index (κ1) is 19.0. The number of carbonyl (C=O) groups excluding carboxylic acids is 2. The van der Waals surface area contributed by atoms with Gasteiger partial charge in [-0.25, -0.2) is 4.79 Å². The van der Waals surface area contributed by atoms with Gasteiger partial charge in [-0.05, 0) is 36.1 Å². The molecule has 0 bridgehead atoms. The van der Waals surface area contributed by atoms with E-state index in [4.69, 9.17) is 0 Å². The second kappa shape index (κ2) is 8.29. The monoisotopic (exact) mass is 368 g/mol. The summed E-state index contributed by atoms with van der Waals surface area (Å²) in [7, 11) is 0. The Morgan fingerprint density at radius 1 is 0.926 bits per heavy atom. The van der Waals surface area contributed by atoms with Crippen molar-refractivity contribution < 1.29 is 9.59 Å². The van der Waals surface area contributed by atoms with E-state index in [-0.39, 0.29) is 18.0 Å². The van der Waals surface area contributed by atoms with E-state index < -0.39 is 0 Å². The predicted octanol–water partition coefficient (Wildman–Crippen LogP) is 3.37. The fourth-order valence-corrected chi connectivity index (χ4v) is 3.28. The second-order valence-electron chi connectivity index (χ2n) is 7.36. The molecule has 3 amide bonds. The predicted molar refractivity (Wildman–Crippen MR) is 106 cm³/mol. The van der Waals surface area contributed by atoms with E-state index in [1.807, 2.05) is 13.0 Å². The van der Waals surface area contributed by atoms with E-state index >= 15 is 0 Å². The van der Waals surface area contributed by atoms with Crippen molar-refractivity contribution in [3.63, 3.8) is 0 Å². The Morgan fingerprint density at radius 2 is 1.52 bits per heavy atom. The highest BCUT2D eigenvalue weighted by atomic mass is 16.2. The second-order valence-corrected chi connectivity index (χ2v) is 7.36. The Balaban J connectivity index is 1.51. The molecule has 2 heterocycles. The van der Waals surface area contributed by atoms with Gasteiger partial charge >= 0.3 is 6.03 Å². The van der Waals surface area contributed by atoms with Gasteiger partial charge in [0.25, 0.3) is 5.91 Å². The molecule has 6 nitrogen and oxygen atoms in total. The van der Waals surface area contributed by atoms with Crippen molar-refractivity contribution in [3.8, 4) is 0 Å². The lowest BCUT2D eigenvalue weighted by molar-refractivity contribution is 0.0658. The van der Waals surface area contributed by atoms with Gasteiger partial charge in [-0.1, -0.05) is 38.1 Å². The van der Waals surface area contributed by atoms with Crippen LogP contribution in [0.2, 0.25) is 0 Å². The third-order valence-electron chi connectivity index (χ3n) is 5.13. The van der Waals surface area contributed by atoms with Crippen LogP contribution in [0, 0.1) is 0 Å². The van der Waals surface area contributed by atoms with Crippen molar-refractivity contribution in [2.75, 3.05) is 26.2 Å². The minimum Gasteiger partial charge on any atom is -0.357 e. The first-order valence-corrected chi connectivity index (χ1v) is 9.53. The van der Waals surface area contributed by atoms with Crippen LogP contribution in [-0.4, -0.2) is 52.9 Å². The SMILES string of the molecule is CC(C)c1ccc([C@@H](C)NC(=O)N2CCN(C(=O)c3ccc[nH]3)CC2)cc1. The van der Waals surface area contributed by atoms with Crippen molar-refractivity contribution in [3.05, 3.63) is 59.4 Å². The Bertz CT molecular complexity index is 760. The number of benzene rings is 1. The highest BCUT2D eigenvalue weighted by Crippen LogP contribution is 2.19. The van der Waals surface area contributed by atoms with Crippen molar-refractivity contribution in [1.29, 1.82) is 0 Å². The number of nitrogens with zero attached hydrogens (tertiary/aromatic N) is 2. The Labute approximate surface area is 160 Å². The molecule has 2 aromatic rings. The molecule has 1 aliphatic rings. The van der Waals surface area contributed by atoms with Gasteiger partial charge in [-0.3, -0.25) is 4.79 Å². The number of nitrogens with one attached hydrogen (secondary N) is 2. The Hall–Kier alpha value is -2.76. The summed E-state index contributed by atoms with van der Waals surface area (Å²) < 4.78 is 0. The molecular formula is C21H28N4O2. The summed E-state index contributed by atoms with van der Waals surface area (Å²) in [4.78, 5) is 31.4. The third kappa shape index (κ3) is 4.51. The molecule has 1 atom stereocenters. The van der Waals surface area contributed by atoms with Crippen LogP contribution in [0.1, 0.15) is 54.3 Å². The van der Waals surface area contributed by atoms with Crippen LogP contribution in [0.25, 0.3) is 0 Å². The van der Waals surface area contributed by atoms with Gasteiger partial charge in [0.1, 0.15) is 5.69 Å². The van der Waals surface area contributed by atoms with Crippen LogP contribution in [0.15, 0.2) is 42.6 Å². The van der Waals surface area contributed by atoms with E-state index in [0.717, 1.165) is 5.56 Å². The number of carbonyl (C=O) groups is 2. The van der Waals surface area contributed by atoms with Gasteiger partial charge in [-0.15, -0.1) is 0 Å². The molecule has 144 valence electrons. The molecular weight excluding hydrogens is 340 g/mol. The van der Waals surface area contributed by atoms with Crippen LogP contribution >= 0.6 is 0 Å². The fourth-order valence-electron chi connectivity index (χ4n) is 3.28. The minimum atomic E-state index is -0.0811. The van der Waals surface area contributed by atoms with Gasteiger partial charge in [0.2, 0.25) is 0 Å².